The molecule has 0 saturated carbocycles. The summed E-state index contributed by atoms with van der Waals surface area (Å²) >= 11 is 7.26. The van der Waals surface area contributed by atoms with Crippen molar-refractivity contribution in [2.24, 2.45) is 0 Å². The molecule has 2 rings (SSSR count). The molecular weight excluding hydrogens is 266 g/mol. The monoisotopic (exact) mass is 293 g/mol. The Morgan fingerprint density at radius 2 is 1.75 bits per heavy atom. The van der Waals surface area contributed by atoms with Gasteiger partial charge in [-0.25, -0.2) is 0 Å². The zero-order chi connectivity index (χ0) is 14.6. The molecule has 0 aliphatic carbocycles. The maximum Gasteiger partial charge on any atom is 0.0670 e. The summed E-state index contributed by atoms with van der Waals surface area (Å²) in [6.07, 6.45) is 5.59. The van der Waals surface area contributed by atoms with Crippen molar-refractivity contribution in [3.8, 4) is 0 Å². The molecule has 1 nitrogen and oxygen atoms in total. The quantitative estimate of drug-likeness (QED) is 0.699. The van der Waals surface area contributed by atoms with Gasteiger partial charge in [0.25, 0.3) is 0 Å². The smallest absolute Gasteiger partial charge is 0.0670 e. The van der Waals surface area contributed by atoms with Crippen LogP contribution in [0.3, 0.4) is 0 Å². The molecule has 1 unspecified atom stereocenters. The zero-order valence-corrected chi connectivity index (χ0v) is 13.9. The summed E-state index contributed by atoms with van der Waals surface area (Å²) < 4.78 is 0. The van der Waals surface area contributed by atoms with Crippen LogP contribution in [-0.4, -0.2) is 28.4 Å². The predicted octanol–water partition coefficient (Wildman–Crippen LogP) is 4.88. The van der Waals surface area contributed by atoms with Crippen molar-refractivity contribution >= 4 is 11.6 Å². The van der Waals surface area contributed by atoms with E-state index in [9.17, 15) is 0 Å². The lowest BCUT2D eigenvalue weighted by Crippen LogP contribution is -2.65. The molecule has 0 aromatic heterocycles. The number of hydrogen-bond acceptors (Lipinski definition) is 1. The molecular formula is C18H28ClN. The minimum absolute atomic E-state index is 0.133. The summed E-state index contributed by atoms with van der Waals surface area (Å²) in [7, 11) is 0. The number of hydrogen-bond donors (Lipinski definition) is 0. The van der Waals surface area contributed by atoms with E-state index in [4.69, 9.17) is 11.6 Å². The molecule has 112 valence electrons. The molecule has 1 fully saturated rings. The van der Waals surface area contributed by atoms with Crippen molar-refractivity contribution < 1.29 is 0 Å². The van der Waals surface area contributed by atoms with Crippen LogP contribution >= 0.6 is 11.6 Å². The summed E-state index contributed by atoms with van der Waals surface area (Å²) in [5.74, 6) is 0. The summed E-state index contributed by atoms with van der Waals surface area (Å²) in [4.78, 5) is 2.50. The Kier molecular flexibility index (Phi) is 5.14. The molecule has 1 aromatic carbocycles. The van der Waals surface area contributed by atoms with Gasteiger partial charge in [-0.15, -0.1) is 11.6 Å². The molecule has 0 bridgehead atoms. The Bertz CT molecular complexity index is 413. The summed E-state index contributed by atoms with van der Waals surface area (Å²) in [5, 5.41) is 0. The van der Waals surface area contributed by atoms with Crippen molar-refractivity contribution in [3.63, 3.8) is 0 Å². The van der Waals surface area contributed by atoms with E-state index in [1.807, 2.05) is 0 Å². The topological polar surface area (TPSA) is 3.24 Å². The lowest BCUT2D eigenvalue weighted by atomic mass is 9.69. The highest BCUT2D eigenvalue weighted by atomic mass is 35.5. The van der Waals surface area contributed by atoms with Crippen molar-refractivity contribution in [1.29, 1.82) is 0 Å². The first-order chi connectivity index (χ1) is 9.62. The van der Waals surface area contributed by atoms with Gasteiger partial charge in [-0.3, -0.25) is 4.90 Å². The van der Waals surface area contributed by atoms with E-state index in [1.54, 1.807) is 0 Å². The van der Waals surface area contributed by atoms with Gasteiger partial charge in [0.1, 0.15) is 0 Å². The first-order valence-electron chi connectivity index (χ1n) is 8.09. The van der Waals surface area contributed by atoms with E-state index in [-0.39, 0.29) is 10.4 Å². The number of piperidine rings is 1. The SMILES string of the molecule is CCN1CCCC(Cl)(Cc2ccccc2)C1(CC)CC. The van der Waals surface area contributed by atoms with Crippen LogP contribution in [-0.2, 0) is 6.42 Å². The zero-order valence-electron chi connectivity index (χ0n) is 13.2. The lowest BCUT2D eigenvalue weighted by Gasteiger charge is -2.56. The molecule has 1 aliphatic heterocycles. The lowest BCUT2D eigenvalue weighted by molar-refractivity contribution is 0.00574. The molecule has 1 heterocycles. The van der Waals surface area contributed by atoms with Gasteiger partial charge < -0.3 is 0 Å². The minimum atomic E-state index is -0.133. The summed E-state index contributed by atoms with van der Waals surface area (Å²) in [6, 6.07) is 10.7. The Morgan fingerprint density at radius 1 is 1.10 bits per heavy atom. The van der Waals surface area contributed by atoms with E-state index in [0.29, 0.717) is 0 Å². The summed E-state index contributed by atoms with van der Waals surface area (Å²) in [6.45, 7) is 9.18. The van der Waals surface area contributed by atoms with Crippen LogP contribution in [0.4, 0.5) is 0 Å². The normalized spacial score (nSPS) is 26.6. The van der Waals surface area contributed by atoms with Crippen molar-refractivity contribution in [1.82, 2.24) is 4.90 Å². The van der Waals surface area contributed by atoms with Crippen LogP contribution in [0.15, 0.2) is 30.3 Å². The van der Waals surface area contributed by atoms with E-state index < -0.39 is 0 Å². The van der Waals surface area contributed by atoms with E-state index >= 15 is 0 Å². The Labute approximate surface area is 129 Å². The first-order valence-corrected chi connectivity index (χ1v) is 8.47. The Morgan fingerprint density at radius 3 is 2.30 bits per heavy atom. The van der Waals surface area contributed by atoms with Gasteiger partial charge in [-0.05, 0) is 50.8 Å². The largest absolute Gasteiger partial charge is 0.296 e. The molecule has 1 atom stereocenters. The van der Waals surface area contributed by atoms with Gasteiger partial charge in [0.2, 0.25) is 0 Å². The molecule has 1 aliphatic rings. The van der Waals surface area contributed by atoms with Crippen LogP contribution in [0.2, 0.25) is 0 Å². The van der Waals surface area contributed by atoms with Crippen LogP contribution in [0, 0.1) is 0 Å². The van der Waals surface area contributed by atoms with E-state index in [1.165, 1.54) is 18.5 Å². The second kappa shape index (κ2) is 6.49. The highest BCUT2D eigenvalue weighted by molar-refractivity contribution is 6.25. The van der Waals surface area contributed by atoms with Crippen LogP contribution in [0.1, 0.15) is 52.0 Å². The van der Waals surface area contributed by atoms with Gasteiger partial charge in [0.15, 0.2) is 0 Å². The van der Waals surface area contributed by atoms with Gasteiger partial charge in [0.05, 0.1) is 4.87 Å². The standard InChI is InChI=1S/C18H28ClN/c1-4-18(5-2)17(19,13-10-14-20(18)6-3)15-16-11-8-7-9-12-16/h7-9,11-12H,4-6,10,13-15H2,1-3H3. The van der Waals surface area contributed by atoms with Crippen molar-refractivity contribution in [2.45, 2.75) is 63.3 Å². The van der Waals surface area contributed by atoms with Crippen molar-refractivity contribution in [3.05, 3.63) is 35.9 Å². The average Bonchev–Trinajstić information content (AvgIpc) is 2.48. The molecule has 20 heavy (non-hydrogen) atoms. The number of benzene rings is 1. The average molecular weight is 294 g/mol. The third kappa shape index (κ3) is 2.63. The van der Waals surface area contributed by atoms with Gasteiger partial charge in [0, 0.05) is 5.54 Å². The molecule has 0 spiro atoms. The minimum Gasteiger partial charge on any atom is -0.296 e. The first kappa shape index (κ1) is 15.9. The van der Waals surface area contributed by atoms with Crippen LogP contribution < -0.4 is 0 Å². The molecule has 1 saturated heterocycles. The van der Waals surface area contributed by atoms with Crippen molar-refractivity contribution in [2.75, 3.05) is 13.1 Å². The Balaban J connectivity index is 2.34. The van der Waals surface area contributed by atoms with Crippen LogP contribution in [0.25, 0.3) is 0 Å². The third-order valence-electron chi connectivity index (χ3n) is 5.32. The molecule has 0 radical (unpaired) electrons. The molecule has 2 heteroatoms. The van der Waals surface area contributed by atoms with Gasteiger partial charge in [-0.2, -0.15) is 0 Å². The molecule has 1 aromatic rings. The number of halogens is 1. The van der Waals surface area contributed by atoms with Gasteiger partial charge in [-0.1, -0.05) is 51.1 Å². The second-order valence-corrected chi connectivity index (χ2v) is 6.77. The maximum atomic E-state index is 7.26. The van der Waals surface area contributed by atoms with E-state index in [2.05, 4.69) is 56.0 Å². The summed E-state index contributed by atoms with van der Waals surface area (Å²) in [5.41, 5.74) is 1.50. The highest BCUT2D eigenvalue weighted by Gasteiger charge is 2.52. The third-order valence-corrected chi connectivity index (χ3v) is 5.99. The highest BCUT2D eigenvalue weighted by Crippen LogP contribution is 2.48. The maximum absolute atomic E-state index is 7.26. The van der Waals surface area contributed by atoms with Gasteiger partial charge >= 0.3 is 0 Å². The van der Waals surface area contributed by atoms with E-state index in [0.717, 1.165) is 32.2 Å². The molecule has 0 amide bonds. The number of likely N-dealkylation sites (tertiary alicyclic amines) is 1. The predicted molar refractivity (Wildman–Crippen MR) is 88.5 cm³/mol. The number of alkyl halides is 1. The Hall–Kier alpha value is -0.530. The number of rotatable bonds is 5. The fourth-order valence-electron chi connectivity index (χ4n) is 4.24. The molecule has 0 N–H and O–H groups in total. The fraction of sp³-hybridized carbons (Fsp3) is 0.667. The fourth-order valence-corrected chi connectivity index (χ4v) is 4.92. The number of nitrogens with zero attached hydrogens (tertiary/aromatic N) is 1. The van der Waals surface area contributed by atoms with Crippen LogP contribution in [0.5, 0.6) is 0 Å². The second-order valence-electron chi connectivity index (χ2n) is 6.05.